The highest BCUT2D eigenvalue weighted by Crippen LogP contribution is 2.54. The van der Waals surface area contributed by atoms with Crippen molar-refractivity contribution < 1.29 is 4.42 Å². The van der Waals surface area contributed by atoms with E-state index in [1.165, 1.54) is 77.9 Å². The highest BCUT2D eigenvalue weighted by Gasteiger charge is 2.38. The molecule has 2 nitrogen and oxygen atoms in total. The Morgan fingerprint density at radius 3 is 1.24 bits per heavy atom. The van der Waals surface area contributed by atoms with Gasteiger partial charge in [-0.05, 0) is 145 Å². The number of nitrogens with zero attached hydrogens (tertiary/aromatic N) is 1. The summed E-state index contributed by atoms with van der Waals surface area (Å²) in [5.41, 5.74) is 22.9. The molecule has 62 heavy (non-hydrogen) atoms. The largest absolute Gasteiger partial charge is 0.456 e. The molecule has 2 aliphatic rings. The Balaban J connectivity index is 0.976. The number of furan rings is 1. The van der Waals surface area contributed by atoms with Crippen LogP contribution in [0.4, 0.5) is 17.1 Å². The van der Waals surface area contributed by atoms with E-state index in [9.17, 15) is 0 Å². The summed E-state index contributed by atoms with van der Waals surface area (Å²) in [7, 11) is 0. The third-order valence-electron chi connectivity index (χ3n) is 13.9. The normalized spacial score (nSPS) is 14.1. The van der Waals surface area contributed by atoms with Crippen molar-refractivity contribution in [1.82, 2.24) is 0 Å². The number of fused-ring (bicyclic) bond motifs is 9. The molecule has 2 heteroatoms. The van der Waals surface area contributed by atoms with E-state index in [2.05, 4.69) is 221 Å². The molecule has 0 amide bonds. The van der Waals surface area contributed by atoms with Crippen molar-refractivity contribution in [3.8, 4) is 55.6 Å². The minimum absolute atomic E-state index is 0.186. The van der Waals surface area contributed by atoms with E-state index in [-0.39, 0.29) is 10.8 Å². The molecule has 10 aromatic rings. The fraction of sp³-hybridized carbons (Fsp3) is 0.100. The van der Waals surface area contributed by atoms with Crippen molar-refractivity contribution in [3.63, 3.8) is 0 Å². The molecule has 0 spiro atoms. The van der Waals surface area contributed by atoms with Crippen LogP contribution in [0.2, 0.25) is 0 Å². The summed E-state index contributed by atoms with van der Waals surface area (Å²) in [6.45, 7) is 9.53. The molecule has 9 aromatic carbocycles. The molecule has 1 aromatic heterocycles. The standard InChI is InChI=1S/C60H45NO/c1-59(2)53-34-42(38-13-7-5-8-14-38)21-28-47(53)49-30-26-45(36-55(49)59)61(44-24-19-40(20-25-44)41-23-32-58-52(33-41)51-17-11-12-18-57(51)62-58)46-27-31-50-48-29-22-43(39-15-9-6-10-16-39)35-54(48)60(3,4)56(50)37-46/h5-37H,1-4H3. The average Bonchev–Trinajstić information content (AvgIpc) is 3.88. The lowest BCUT2D eigenvalue weighted by Gasteiger charge is -2.30. The van der Waals surface area contributed by atoms with Gasteiger partial charge in [0.05, 0.1) is 0 Å². The lowest BCUT2D eigenvalue weighted by molar-refractivity contribution is 0.660. The van der Waals surface area contributed by atoms with E-state index in [1.807, 2.05) is 12.1 Å². The van der Waals surface area contributed by atoms with Crippen molar-refractivity contribution in [2.45, 2.75) is 38.5 Å². The number of para-hydroxylation sites is 1. The summed E-state index contributed by atoms with van der Waals surface area (Å²) in [5, 5.41) is 2.28. The van der Waals surface area contributed by atoms with Crippen LogP contribution in [0.1, 0.15) is 49.9 Å². The van der Waals surface area contributed by atoms with Crippen molar-refractivity contribution >= 4 is 39.0 Å². The van der Waals surface area contributed by atoms with Crippen molar-refractivity contribution in [2.24, 2.45) is 0 Å². The van der Waals surface area contributed by atoms with Crippen LogP contribution in [0.15, 0.2) is 205 Å². The third-order valence-corrected chi connectivity index (χ3v) is 13.9. The molecule has 0 radical (unpaired) electrons. The lowest BCUT2D eigenvalue weighted by atomic mass is 9.81. The molecule has 0 atom stereocenters. The molecule has 0 unspecified atom stereocenters. The zero-order valence-electron chi connectivity index (χ0n) is 35.4. The molecule has 0 saturated heterocycles. The number of anilines is 3. The minimum Gasteiger partial charge on any atom is -0.456 e. The first kappa shape index (κ1) is 36.4. The third kappa shape index (κ3) is 5.56. The molecular weight excluding hydrogens is 751 g/mol. The van der Waals surface area contributed by atoms with Gasteiger partial charge >= 0.3 is 0 Å². The zero-order valence-corrected chi connectivity index (χ0v) is 35.4. The Kier molecular flexibility index (Phi) is 7.96. The van der Waals surface area contributed by atoms with Gasteiger partial charge in [-0.2, -0.15) is 0 Å². The van der Waals surface area contributed by atoms with Gasteiger partial charge in [0.1, 0.15) is 11.2 Å². The summed E-state index contributed by atoms with van der Waals surface area (Å²) < 4.78 is 6.17. The zero-order chi connectivity index (χ0) is 41.7. The summed E-state index contributed by atoms with van der Waals surface area (Å²) in [5.74, 6) is 0. The van der Waals surface area contributed by atoms with Crippen LogP contribution in [0.3, 0.4) is 0 Å². The smallest absolute Gasteiger partial charge is 0.135 e. The number of hydrogen-bond donors (Lipinski definition) is 0. The number of hydrogen-bond acceptors (Lipinski definition) is 2. The molecule has 12 rings (SSSR count). The second-order valence-electron chi connectivity index (χ2n) is 18.2. The first-order chi connectivity index (χ1) is 30.2. The van der Waals surface area contributed by atoms with Gasteiger partial charge < -0.3 is 9.32 Å². The van der Waals surface area contributed by atoms with Crippen LogP contribution >= 0.6 is 0 Å². The summed E-state index contributed by atoms with van der Waals surface area (Å²) in [6, 6.07) is 73.7. The second kappa shape index (κ2) is 13.5. The molecule has 0 saturated carbocycles. The van der Waals surface area contributed by atoms with E-state index >= 15 is 0 Å². The van der Waals surface area contributed by atoms with Gasteiger partial charge in [0.15, 0.2) is 0 Å². The van der Waals surface area contributed by atoms with E-state index in [4.69, 9.17) is 4.42 Å². The van der Waals surface area contributed by atoms with E-state index < -0.39 is 0 Å². The van der Waals surface area contributed by atoms with E-state index in [1.54, 1.807) is 0 Å². The maximum Gasteiger partial charge on any atom is 0.135 e. The highest BCUT2D eigenvalue weighted by atomic mass is 16.3. The van der Waals surface area contributed by atoms with Crippen LogP contribution in [-0.4, -0.2) is 0 Å². The van der Waals surface area contributed by atoms with E-state index in [0.717, 1.165) is 39.0 Å². The van der Waals surface area contributed by atoms with E-state index in [0.29, 0.717) is 0 Å². The van der Waals surface area contributed by atoms with Gasteiger partial charge in [0.2, 0.25) is 0 Å². The van der Waals surface area contributed by atoms with Gasteiger partial charge in [-0.1, -0.05) is 161 Å². The van der Waals surface area contributed by atoms with Crippen LogP contribution in [0.25, 0.3) is 77.6 Å². The highest BCUT2D eigenvalue weighted by molar-refractivity contribution is 6.06. The second-order valence-corrected chi connectivity index (χ2v) is 18.2. The van der Waals surface area contributed by atoms with Gasteiger partial charge in [0, 0.05) is 38.7 Å². The average molecular weight is 796 g/mol. The van der Waals surface area contributed by atoms with Gasteiger partial charge in [-0.3, -0.25) is 0 Å². The predicted molar refractivity (Wildman–Crippen MR) is 260 cm³/mol. The van der Waals surface area contributed by atoms with Crippen LogP contribution in [0, 0.1) is 0 Å². The van der Waals surface area contributed by atoms with Crippen LogP contribution in [-0.2, 0) is 10.8 Å². The monoisotopic (exact) mass is 795 g/mol. The Morgan fingerprint density at radius 2 is 0.694 bits per heavy atom. The molecule has 0 aliphatic heterocycles. The maximum absolute atomic E-state index is 6.17. The number of benzene rings is 9. The molecule has 296 valence electrons. The lowest BCUT2D eigenvalue weighted by Crippen LogP contribution is -2.18. The first-order valence-electron chi connectivity index (χ1n) is 21.7. The minimum atomic E-state index is -0.186. The first-order valence-corrected chi connectivity index (χ1v) is 21.7. The summed E-state index contributed by atoms with van der Waals surface area (Å²) in [6.07, 6.45) is 0. The Morgan fingerprint density at radius 1 is 0.306 bits per heavy atom. The Bertz CT molecular complexity index is 3240. The van der Waals surface area contributed by atoms with Crippen LogP contribution in [0.5, 0.6) is 0 Å². The van der Waals surface area contributed by atoms with Gasteiger partial charge in [-0.15, -0.1) is 0 Å². The fourth-order valence-electron chi connectivity index (χ4n) is 10.5. The van der Waals surface area contributed by atoms with Crippen molar-refractivity contribution in [1.29, 1.82) is 0 Å². The Hall–Kier alpha value is -7.42. The molecule has 0 N–H and O–H groups in total. The topological polar surface area (TPSA) is 16.4 Å². The predicted octanol–water partition coefficient (Wildman–Crippen LogP) is 16.7. The summed E-state index contributed by atoms with van der Waals surface area (Å²) in [4.78, 5) is 2.46. The molecule has 0 bridgehead atoms. The Labute approximate surface area is 363 Å². The SMILES string of the molecule is CC1(C)c2cc(-c3ccccc3)ccc2-c2ccc(N(c3ccc(-c4ccc5oc6ccccc6c5c4)cc3)c3ccc4c(c3)C(C)(C)c3cc(-c5ccccc5)ccc3-4)cc21. The summed E-state index contributed by atoms with van der Waals surface area (Å²) >= 11 is 0. The number of rotatable bonds is 6. The fourth-order valence-corrected chi connectivity index (χ4v) is 10.5. The quantitative estimate of drug-likeness (QED) is 0.167. The molecule has 0 fully saturated rings. The van der Waals surface area contributed by atoms with Crippen LogP contribution < -0.4 is 4.90 Å². The molecule has 1 heterocycles. The van der Waals surface area contributed by atoms with Gasteiger partial charge in [-0.25, -0.2) is 0 Å². The van der Waals surface area contributed by atoms with Gasteiger partial charge in [0.25, 0.3) is 0 Å². The maximum atomic E-state index is 6.17. The van der Waals surface area contributed by atoms with Crippen molar-refractivity contribution in [2.75, 3.05) is 4.90 Å². The molecular formula is C60H45NO. The van der Waals surface area contributed by atoms with Crippen molar-refractivity contribution in [3.05, 3.63) is 222 Å². The molecule has 2 aliphatic carbocycles.